The van der Waals surface area contributed by atoms with Gasteiger partial charge in [0.1, 0.15) is 5.84 Å². The van der Waals surface area contributed by atoms with Crippen LogP contribution in [0.1, 0.15) is 37.7 Å². The van der Waals surface area contributed by atoms with Gasteiger partial charge in [-0.05, 0) is 37.1 Å². The number of nitro groups is 1. The Kier molecular flexibility index (Phi) is 5.21. The first-order valence-electron chi connectivity index (χ1n) is 8.37. The van der Waals surface area contributed by atoms with E-state index in [1.165, 1.54) is 31.4 Å². The fourth-order valence-electron chi connectivity index (χ4n) is 2.97. The summed E-state index contributed by atoms with van der Waals surface area (Å²) in [4.78, 5) is 15.4. The molecule has 0 bridgehead atoms. The zero-order valence-corrected chi connectivity index (χ0v) is 13.5. The molecule has 124 valence electrons. The molecule has 0 aromatic heterocycles. The predicted molar refractivity (Wildman–Crippen MR) is 96.6 cm³/mol. The molecule has 1 aliphatic carbocycles. The minimum absolute atomic E-state index is 0.0930. The highest BCUT2D eigenvalue weighted by Crippen LogP contribution is 2.22. The lowest BCUT2D eigenvalue weighted by Gasteiger charge is -2.20. The molecule has 1 saturated carbocycles. The molecule has 24 heavy (non-hydrogen) atoms. The molecule has 2 aromatic rings. The summed E-state index contributed by atoms with van der Waals surface area (Å²) >= 11 is 0. The minimum atomic E-state index is -0.383. The molecule has 2 aromatic carbocycles. The molecule has 3 rings (SSSR count). The topological polar surface area (TPSA) is 67.5 Å². The maximum Gasteiger partial charge on any atom is 0.269 e. The van der Waals surface area contributed by atoms with E-state index in [0.717, 1.165) is 29.9 Å². The second kappa shape index (κ2) is 7.73. The number of para-hydroxylation sites is 1. The molecule has 0 heterocycles. The molecule has 0 aliphatic heterocycles. The molecule has 0 unspecified atom stereocenters. The lowest BCUT2D eigenvalue weighted by molar-refractivity contribution is -0.384. The van der Waals surface area contributed by atoms with Crippen LogP contribution in [0.25, 0.3) is 0 Å². The smallest absolute Gasteiger partial charge is 0.269 e. The molecule has 1 N–H and O–H groups in total. The van der Waals surface area contributed by atoms with E-state index in [2.05, 4.69) is 5.32 Å². The highest BCUT2D eigenvalue weighted by molar-refractivity contribution is 6.08. The maximum atomic E-state index is 10.8. The largest absolute Gasteiger partial charge is 0.340 e. The zero-order valence-electron chi connectivity index (χ0n) is 13.5. The van der Waals surface area contributed by atoms with Crippen LogP contribution in [0.4, 0.5) is 11.4 Å². The minimum Gasteiger partial charge on any atom is -0.340 e. The van der Waals surface area contributed by atoms with Gasteiger partial charge in [0.15, 0.2) is 0 Å². The fraction of sp³-hybridized carbons (Fsp3) is 0.316. The van der Waals surface area contributed by atoms with E-state index in [-0.39, 0.29) is 10.6 Å². The number of non-ortho nitro benzene ring substituents is 1. The Balaban J connectivity index is 1.88. The SMILES string of the molecule is O=[N+]([O-])c1ccc(C(=NC2CCCCC2)Nc2ccccc2)cc1. The van der Waals surface area contributed by atoms with E-state index in [4.69, 9.17) is 4.99 Å². The number of nitrogens with one attached hydrogen (secondary N) is 1. The Bertz CT molecular complexity index is 705. The first-order valence-corrected chi connectivity index (χ1v) is 8.37. The average molecular weight is 323 g/mol. The van der Waals surface area contributed by atoms with Crippen LogP contribution >= 0.6 is 0 Å². The van der Waals surface area contributed by atoms with Gasteiger partial charge in [-0.2, -0.15) is 0 Å². The summed E-state index contributed by atoms with van der Waals surface area (Å²) < 4.78 is 0. The number of hydrogen-bond acceptors (Lipinski definition) is 3. The summed E-state index contributed by atoms with van der Waals surface area (Å²) in [5.74, 6) is 0.781. The van der Waals surface area contributed by atoms with Gasteiger partial charge in [-0.15, -0.1) is 0 Å². The van der Waals surface area contributed by atoms with Gasteiger partial charge in [-0.25, -0.2) is 0 Å². The van der Waals surface area contributed by atoms with Crippen molar-refractivity contribution < 1.29 is 4.92 Å². The predicted octanol–water partition coefficient (Wildman–Crippen LogP) is 4.79. The van der Waals surface area contributed by atoms with Crippen molar-refractivity contribution in [2.45, 2.75) is 38.1 Å². The second-order valence-electron chi connectivity index (χ2n) is 6.06. The van der Waals surface area contributed by atoms with Crippen LogP contribution in [0.3, 0.4) is 0 Å². The van der Waals surface area contributed by atoms with Crippen molar-refractivity contribution in [3.05, 3.63) is 70.3 Å². The van der Waals surface area contributed by atoms with Crippen LogP contribution in [0.15, 0.2) is 59.6 Å². The second-order valence-corrected chi connectivity index (χ2v) is 6.06. The van der Waals surface area contributed by atoms with Gasteiger partial charge in [-0.1, -0.05) is 37.5 Å². The van der Waals surface area contributed by atoms with Gasteiger partial charge in [-0.3, -0.25) is 15.1 Å². The number of benzene rings is 2. The summed E-state index contributed by atoms with van der Waals surface area (Å²) in [6, 6.07) is 16.8. The number of anilines is 1. The molecule has 0 saturated heterocycles. The van der Waals surface area contributed by atoms with Gasteiger partial charge >= 0.3 is 0 Å². The summed E-state index contributed by atoms with van der Waals surface area (Å²) in [5, 5.41) is 14.2. The lowest BCUT2D eigenvalue weighted by Crippen LogP contribution is -2.19. The van der Waals surface area contributed by atoms with Gasteiger partial charge in [0.2, 0.25) is 0 Å². The van der Waals surface area contributed by atoms with Crippen LogP contribution in [0.2, 0.25) is 0 Å². The van der Waals surface area contributed by atoms with Crippen molar-refractivity contribution in [2.24, 2.45) is 4.99 Å². The number of rotatable bonds is 4. The normalized spacial score (nSPS) is 15.9. The first-order chi connectivity index (χ1) is 11.7. The molecule has 1 aliphatic rings. The summed E-state index contributed by atoms with van der Waals surface area (Å²) in [7, 11) is 0. The highest BCUT2D eigenvalue weighted by Gasteiger charge is 2.15. The zero-order chi connectivity index (χ0) is 16.8. The van der Waals surface area contributed by atoms with Crippen LogP contribution in [-0.4, -0.2) is 16.8 Å². The molecular weight excluding hydrogens is 302 g/mol. The number of aliphatic imine (C=N–C) groups is 1. The van der Waals surface area contributed by atoms with Crippen molar-refractivity contribution >= 4 is 17.2 Å². The van der Waals surface area contributed by atoms with Gasteiger partial charge in [0, 0.05) is 23.4 Å². The molecule has 0 atom stereocenters. The van der Waals surface area contributed by atoms with Crippen molar-refractivity contribution in [2.75, 3.05) is 5.32 Å². The number of hydrogen-bond donors (Lipinski definition) is 1. The Hall–Kier alpha value is -2.69. The number of amidine groups is 1. The summed E-state index contributed by atoms with van der Waals surface area (Å²) in [6.45, 7) is 0. The molecule has 0 amide bonds. The first kappa shape index (κ1) is 16.2. The molecule has 0 spiro atoms. The van der Waals surface area contributed by atoms with Crippen LogP contribution in [0, 0.1) is 10.1 Å². The summed E-state index contributed by atoms with van der Waals surface area (Å²) in [5.41, 5.74) is 1.93. The molecule has 1 fully saturated rings. The Morgan fingerprint density at radius 1 is 1.00 bits per heavy atom. The Morgan fingerprint density at radius 3 is 2.29 bits per heavy atom. The van der Waals surface area contributed by atoms with Crippen molar-refractivity contribution in [3.8, 4) is 0 Å². The van der Waals surface area contributed by atoms with E-state index >= 15 is 0 Å². The van der Waals surface area contributed by atoms with Gasteiger partial charge in [0.05, 0.1) is 11.0 Å². The number of nitrogens with zero attached hydrogens (tertiary/aromatic N) is 2. The third kappa shape index (κ3) is 4.19. The standard InChI is InChI=1S/C19H21N3O2/c23-22(24)18-13-11-15(12-14-18)19(20-16-7-3-1-4-8-16)21-17-9-5-2-6-10-17/h1,3-4,7-8,11-14,17H,2,5-6,9-10H2,(H,20,21). The number of nitro benzene ring substituents is 1. The van der Waals surface area contributed by atoms with E-state index < -0.39 is 0 Å². The van der Waals surface area contributed by atoms with Crippen molar-refractivity contribution in [1.82, 2.24) is 0 Å². The molecule has 0 radical (unpaired) electrons. The van der Waals surface area contributed by atoms with Crippen LogP contribution in [-0.2, 0) is 0 Å². The van der Waals surface area contributed by atoms with E-state index in [0.29, 0.717) is 6.04 Å². The average Bonchev–Trinajstić information content (AvgIpc) is 2.63. The van der Waals surface area contributed by atoms with Crippen molar-refractivity contribution in [1.29, 1.82) is 0 Å². The van der Waals surface area contributed by atoms with Crippen LogP contribution in [0.5, 0.6) is 0 Å². The van der Waals surface area contributed by atoms with Crippen molar-refractivity contribution in [3.63, 3.8) is 0 Å². The monoisotopic (exact) mass is 323 g/mol. The summed E-state index contributed by atoms with van der Waals surface area (Å²) in [6.07, 6.45) is 5.92. The lowest BCUT2D eigenvalue weighted by atomic mass is 9.96. The molecule has 5 nitrogen and oxygen atoms in total. The Labute approximate surface area is 141 Å². The molecular formula is C19H21N3O2. The quantitative estimate of drug-likeness (QED) is 0.381. The van der Waals surface area contributed by atoms with Crippen LogP contribution < -0.4 is 5.32 Å². The molecule has 5 heteroatoms. The fourth-order valence-corrected chi connectivity index (χ4v) is 2.97. The van der Waals surface area contributed by atoms with Gasteiger partial charge < -0.3 is 5.32 Å². The van der Waals surface area contributed by atoms with E-state index in [9.17, 15) is 10.1 Å². The van der Waals surface area contributed by atoms with E-state index in [1.54, 1.807) is 12.1 Å². The maximum absolute atomic E-state index is 10.8. The van der Waals surface area contributed by atoms with E-state index in [1.807, 2.05) is 30.3 Å². The third-order valence-electron chi connectivity index (χ3n) is 4.27. The highest BCUT2D eigenvalue weighted by atomic mass is 16.6. The van der Waals surface area contributed by atoms with Gasteiger partial charge in [0.25, 0.3) is 5.69 Å². The Morgan fingerprint density at radius 2 is 1.67 bits per heavy atom. The third-order valence-corrected chi connectivity index (χ3v) is 4.27.